The maximum absolute atomic E-state index is 13.0. The average molecular weight is 330 g/mol. The monoisotopic (exact) mass is 330 g/mol. The second kappa shape index (κ2) is 5.33. The molecular weight excluding hydrogens is 304 g/mol. The Balaban J connectivity index is 1.62. The van der Waals surface area contributed by atoms with Crippen LogP contribution in [0.15, 0.2) is 12.4 Å². The van der Waals surface area contributed by atoms with Gasteiger partial charge < -0.3 is 9.80 Å². The van der Waals surface area contributed by atoms with Crippen LogP contribution in [0.1, 0.15) is 45.1 Å². The second-order valence-corrected chi connectivity index (χ2v) is 8.01. The molecule has 2 amide bonds. The molecular formula is C18H26N4O2. The normalized spacial score (nSPS) is 34.5. The molecule has 3 heterocycles. The standard InChI is InChI=1S/C18H26N4O2/c1-12-8-19-20(9-12)11-17(24)22-14-7-18(3)15(5-4-6-16(18)22)21(10-14)13(2)23/h8-9,14-16H,4-7,10-11H2,1-3H3/t14-,15+,16-,18+/m0/s1. The fourth-order valence-corrected chi connectivity index (χ4v) is 5.49. The Bertz CT molecular complexity index is 684. The van der Waals surface area contributed by atoms with E-state index in [9.17, 15) is 9.59 Å². The van der Waals surface area contributed by atoms with Crippen molar-refractivity contribution >= 4 is 11.8 Å². The lowest BCUT2D eigenvalue weighted by atomic mass is 9.66. The highest BCUT2D eigenvalue weighted by Gasteiger charge is 2.61. The maximum Gasteiger partial charge on any atom is 0.244 e. The number of rotatable bonds is 2. The molecule has 2 saturated heterocycles. The number of aromatic nitrogens is 2. The Morgan fingerprint density at radius 2 is 2.08 bits per heavy atom. The molecule has 6 nitrogen and oxygen atoms in total. The zero-order valence-electron chi connectivity index (χ0n) is 14.7. The van der Waals surface area contributed by atoms with Crippen molar-refractivity contribution in [3.05, 3.63) is 18.0 Å². The van der Waals surface area contributed by atoms with Gasteiger partial charge in [-0.25, -0.2) is 0 Å². The number of piperidine rings is 1. The van der Waals surface area contributed by atoms with Gasteiger partial charge in [0.25, 0.3) is 0 Å². The van der Waals surface area contributed by atoms with Crippen LogP contribution in [0.4, 0.5) is 0 Å². The fourth-order valence-electron chi connectivity index (χ4n) is 5.49. The van der Waals surface area contributed by atoms with Gasteiger partial charge in [0.1, 0.15) is 6.54 Å². The summed E-state index contributed by atoms with van der Waals surface area (Å²) < 4.78 is 1.73. The van der Waals surface area contributed by atoms with E-state index in [0.29, 0.717) is 13.1 Å². The minimum atomic E-state index is 0.0442. The zero-order chi connectivity index (χ0) is 17.1. The van der Waals surface area contributed by atoms with E-state index in [1.54, 1.807) is 17.8 Å². The minimum Gasteiger partial charge on any atom is -0.337 e. The van der Waals surface area contributed by atoms with Crippen molar-refractivity contribution in [2.45, 2.75) is 71.1 Å². The summed E-state index contributed by atoms with van der Waals surface area (Å²) in [5, 5.41) is 4.26. The molecule has 1 aliphatic carbocycles. The van der Waals surface area contributed by atoms with E-state index < -0.39 is 0 Å². The summed E-state index contributed by atoms with van der Waals surface area (Å²) in [6.45, 7) is 6.91. The first-order valence-electron chi connectivity index (χ1n) is 8.97. The smallest absolute Gasteiger partial charge is 0.244 e. The predicted molar refractivity (Wildman–Crippen MR) is 89.1 cm³/mol. The van der Waals surface area contributed by atoms with Crippen molar-refractivity contribution in [1.82, 2.24) is 19.6 Å². The highest BCUT2D eigenvalue weighted by atomic mass is 16.2. The highest BCUT2D eigenvalue weighted by Crippen LogP contribution is 2.54. The van der Waals surface area contributed by atoms with Crippen molar-refractivity contribution in [3.8, 4) is 0 Å². The van der Waals surface area contributed by atoms with Gasteiger partial charge in [-0.2, -0.15) is 5.10 Å². The average Bonchev–Trinajstić information content (AvgIpc) is 3.04. The number of likely N-dealkylation sites (tertiary alicyclic amines) is 2. The first-order valence-corrected chi connectivity index (χ1v) is 8.97. The van der Waals surface area contributed by atoms with E-state index >= 15 is 0 Å². The van der Waals surface area contributed by atoms with Gasteiger partial charge in [0.15, 0.2) is 0 Å². The zero-order valence-corrected chi connectivity index (χ0v) is 14.7. The summed E-state index contributed by atoms with van der Waals surface area (Å²) in [7, 11) is 0. The van der Waals surface area contributed by atoms with Crippen LogP contribution < -0.4 is 0 Å². The first kappa shape index (κ1) is 15.7. The van der Waals surface area contributed by atoms with Gasteiger partial charge in [0.2, 0.25) is 11.8 Å². The summed E-state index contributed by atoms with van der Waals surface area (Å²) in [6.07, 6.45) is 7.93. The van der Waals surface area contributed by atoms with Gasteiger partial charge in [0, 0.05) is 37.2 Å². The van der Waals surface area contributed by atoms with E-state index in [1.807, 2.05) is 18.0 Å². The van der Waals surface area contributed by atoms with Crippen molar-refractivity contribution in [2.75, 3.05) is 6.54 Å². The number of fused-ring (bicyclic) bond motifs is 1. The van der Waals surface area contributed by atoms with E-state index in [-0.39, 0.29) is 35.4 Å². The number of hydrogen-bond acceptors (Lipinski definition) is 3. The van der Waals surface area contributed by atoms with Crippen LogP contribution in [-0.4, -0.2) is 56.1 Å². The molecule has 130 valence electrons. The van der Waals surface area contributed by atoms with E-state index in [1.165, 1.54) is 0 Å². The van der Waals surface area contributed by atoms with E-state index in [4.69, 9.17) is 0 Å². The van der Waals surface area contributed by atoms with Gasteiger partial charge in [0.05, 0.1) is 12.2 Å². The molecule has 0 unspecified atom stereocenters. The number of amides is 2. The van der Waals surface area contributed by atoms with Gasteiger partial charge in [-0.05, 0) is 38.2 Å². The van der Waals surface area contributed by atoms with Gasteiger partial charge >= 0.3 is 0 Å². The second-order valence-electron chi connectivity index (χ2n) is 8.01. The maximum atomic E-state index is 13.0. The number of nitrogens with zero attached hydrogens (tertiary/aromatic N) is 4. The van der Waals surface area contributed by atoms with E-state index in [0.717, 1.165) is 31.2 Å². The lowest BCUT2D eigenvalue weighted by molar-refractivity contribution is -0.138. The molecule has 4 rings (SSSR count). The van der Waals surface area contributed by atoms with Gasteiger partial charge in [-0.3, -0.25) is 14.3 Å². The van der Waals surface area contributed by atoms with Crippen LogP contribution >= 0.6 is 0 Å². The summed E-state index contributed by atoms with van der Waals surface area (Å²) in [5.74, 6) is 0.288. The summed E-state index contributed by atoms with van der Waals surface area (Å²) >= 11 is 0. The molecule has 2 bridgehead atoms. The lowest BCUT2D eigenvalue weighted by Gasteiger charge is -2.49. The third-order valence-electron chi connectivity index (χ3n) is 6.42. The molecule has 3 fully saturated rings. The molecule has 24 heavy (non-hydrogen) atoms. The Kier molecular flexibility index (Phi) is 3.48. The highest BCUT2D eigenvalue weighted by molar-refractivity contribution is 5.78. The van der Waals surface area contributed by atoms with Crippen LogP contribution in [-0.2, 0) is 16.1 Å². The van der Waals surface area contributed by atoms with Crippen molar-refractivity contribution in [3.63, 3.8) is 0 Å². The van der Waals surface area contributed by atoms with Crippen molar-refractivity contribution in [1.29, 1.82) is 0 Å². The third kappa shape index (κ3) is 2.19. The molecule has 3 aliphatic rings. The minimum absolute atomic E-state index is 0.0442. The first-order chi connectivity index (χ1) is 11.4. The Morgan fingerprint density at radius 1 is 1.33 bits per heavy atom. The van der Waals surface area contributed by atoms with Crippen LogP contribution in [0, 0.1) is 12.3 Å². The third-order valence-corrected chi connectivity index (χ3v) is 6.42. The quantitative estimate of drug-likeness (QED) is 0.827. The number of hydrogen-bond donors (Lipinski definition) is 0. The fraction of sp³-hybridized carbons (Fsp3) is 0.722. The predicted octanol–water partition coefficient (Wildman–Crippen LogP) is 1.58. The molecule has 4 atom stereocenters. The lowest BCUT2D eigenvalue weighted by Crippen LogP contribution is -2.57. The molecule has 2 aliphatic heterocycles. The Morgan fingerprint density at radius 3 is 2.75 bits per heavy atom. The van der Waals surface area contributed by atoms with Crippen molar-refractivity contribution in [2.24, 2.45) is 5.41 Å². The molecule has 0 radical (unpaired) electrons. The molecule has 0 aromatic carbocycles. The molecule has 0 spiro atoms. The molecule has 1 aromatic rings. The van der Waals surface area contributed by atoms with Crippen LogP contribution in [0.5, 0.6) is 0 Å². The summed E-state index contributed by atoms with van der Waals surface area (Å²) in [6, 6.07) is 0.701. The van der Waals surface area contributed by atoms with Crippen molar-refractivity contribution < 1.29 is 9.59 Å². The SMILES string of the molecule is CC(=O)N1C[C@@H]2C[C@@]3(C)[C@H](CCC[C@@H]13)N2C(=O)Cn1cc(C)cn1. The van der Waals surface area contributed by atoms with Crippen LogP contribution in [0.3, 0.4) is 0 Å². The van der Waals surface area contributed by atoms with Gasteiger partial charge in [-0.15, -0.1) is 0 Å². The number of carbonyl (C=O) groups is 2. The Labute approximate surface area is 142 Å². The van der Waals surface area contributed by atoms with Crippen LogP contribution in [0.25, 0.3) is 0 Å². The largest absolute Gasteiger partial charge is 0.337 e. The van der Waals surface area contributed by atoms with Gasteiger partial charge in [-0.1, -0.05) is 6.92 Å². The number of aryl methyl sites for hydroxylation is 1. The molecule has 6 heteroatoms. The topological polar surface area (TPSA) is 58.4 Å². The number of carbonyl (C=O) groups excluding carboxylic acids is 2. The van der Waals surface area contributed by atoms with Crippen LogP contribution in [0.2, 0.25) is 0 Å². The molecule has 1 saturated carbocycles. The summed E-state index contributed by atoms with van der Waals surface area (Å²) in [4.78, 5) is 29.3. The van der Waals surface area contributed by atoms with E-state index in [2.05, 4.69) is 16.9 Å². The Hall–Kier alpha value is -1.85. The molecule has 0 N–H and O–H groups in total. The summed E-state index contributed by atoms with van der Waals surface area (Å²) in [5.41, 5.74) is 1.11. The molecule has 1 aromatic heterocycles.